The number of halogens is 1. The molecule has 2 aromatic rings. The lowest BCUT2D eigenvalue weighted by atomic mass is 10.3. The molecule has 0 spiro atoms. The van der Waals surface area contributed by atoms with Gasteiger partial charge in [-0.25, -0.2) is 0 Å². The van der Waals surface area contributed by atoms with Crippen molar-refractivity contribution in [3.63, 3.8) is 0 Å². The minimum atomic E-state index is 0. The Morgan fingerprint density at radius 1 is 0.857 bits per heavy atom. The molecule has 0 aromatic heterocycles. The molecular weight excluding hydrogens is 762 g/mol. The zero-order valence-electron chi connectivity index (χ0n) is 27.3. The number of thiocarbonyl (C=S) groups is 2. The van der Waals surface area contributed by atoms with Gasteiger partial charge in [-0.3, -0.25) is 15.2 Å². The van der Waals surface area contributed by atoms with Crippen LogP contribution >= 0.6 is 78.8 Å². The SMILES string of the molecule is Cl.N=C(N)SCP.NC(=NC(=S)Nc1ccc(OCCN2CCOCC2)cc1)SCP.S=C=Nc1ccc(OCCN2CCOCC2)cc1. The molecule has 2 aromatic carbocycles. The summed E-state index contributed by atoms with van der Waals surface area (Å²) in [5.74, 6) is 1.69. The van der Waals surface area contributed by atoms with Crippen LogP contribution in [0.1, 0.15) is 0 Å². The first-order chi connectivity index (χ1) is 23.3. The molecule has 0 saturated carbocycles. The lowest BCUT2D eigenvalue weighted by Gasteiger charge is -2.26. The number of anilines is 1. The summed E-state index contributed by atoms with van der Waals surface area (Å²) in [5.41, 5.74) is 13.9. The van der Waals surface area contributed by atoms with Crippen molar-refractivity contribution < 1.29 is 18.9 Å². The molecule has 2 atom stereocenters. The van der Waals surface area contributed by atoms with Crippen molar-refractivity contribution in [2.24, 2.45) is 21.5 Å². The Kier molecular flexibility index (Phi) is 26.9. The first-order valence-corrected chi connectivity index (χ1v) is 19.5. The smallest absolute Gasteiger partial charge is 0.199 e. The first kappa shape index (κ1) is 45.4. The molecule has 0 amide bonds. The van der Waals surface area contributed by atoms with E-state index < -0.39 is 0 Å². The van der Waals surface area contributed by atoms with Gasteiger partial charge in [-0.15, -0.1) is 30.9 Å². The molecule has 0 bridgehead atoms. The second-order valence-electron chi connectivity index (χ2n) is 9.69. The number of amidine groups is 2. The predicted octanol–water partition coefficient (Wildman–Crippen LogP) is 4.97. The zero-order chi connectivity index (χ0) is 34.8. The highest BCUT2D eigenvalue weighted by Gasteiger charge is 2.10. The second kappa shape index (κ2) is 29.0. The molecule has 2 heterocycles. The number of aliphatic imine (C=N–C) groups is 2. The summed E-state index contributed by atoms with van der Waals surface area (Å²) < 4.78 is 22.1. The Morgan fingerprint density at radius 3 is 1.73 bits per heavy atom. The third kappa shape index (κ3) is 22.7. The molecule has 49 heavy (non-hydrogen) atoms. The van der Waals surface area contributed by atoms with Gasteiger partial charge in [0, 0.05) is 55.9 Å². The highest BCUT2D eigenvalue weighted by molar-refractivity contribution is 8.16. The number of nitrogens with zero attached hydrogens (tertiary/aromatic N) is 4. The summed E-state index contributed by atoms with van der Waals surface area (Å²) in [6, 6.07) is 15.2. The maximum Gasteiger partial charge on any atom is 0.199 e. The number of isothiocyanates is 1. The number of nitrogens with one attached hydrogen (secondary N) is 2. The van der Waals surface area contributed by atoms with E-state index in [1.54, 1.807) is 0 Å². The van der Waals surface area contributed by atoms with E-state index in [1.165, 1.54) is 23.5 Å². The van der Waals surface area contributed by atoms with E-state index in [0.29, 0.717) is 23.5 Å². The van der Waals surface area contributed by atoms with E-state index in [9.17, 15) is 0 Å². The number of nitrogens with two attached hydrogens (primary N) is 2. The van der Waals surface area contributed by atoms with Crippen molar-refractivity contribution in [1.29, 1.82) is 5.41 Å². The van der Waals surface area contributed by atoms with Crippen LogP contribution in [0.15, 0.2) is 58.5 Å². The van der Waals surface area contributed by atoms with E-state index >= 15 is 0 Å². The van der Waals surface area contributed by atoms with Crippen LogP contribution in [0.3, 0.4) is 0 Å². The van der Waals surface area contributed by atoms with Crippen LogP contribution in [0.4, 0.5) is 11.4 Å². The topological polar surface area (TPSA) is 156 Å². The van der Waals surface area contributed by atoms with Crippen molar-refractivity contribution in [2.75, 3.05) is 95.2 Å². The number of hydrogen-bond donors (Lipinski definition) is 4. The Hall–Kier alpha value is -1.64. The lowest BCUT2D eigenvalue weighted by Crippen LogP contribution is -2.38. The van der Waals surface area contributed by atoms with Gasteiger partial charge in [0.05, 0.1) is 37.3 Å². The zero-order valence-corrected chi connectivity index (χ0v) is 33.7. The van der Waals surface area contributed by atoms with Crippen LogP contribution in [0.5, 0.6) is 11.5 Å². The fourth-order valence-electron chi connectivity index (χ4n) is 4.00. The third-order valence-corrected chi connectivity index (χ3v) is 8.67. The summed E-state index contributed by atoms with van der Waals surface area (Å²) in [4.78, 5) is 12.7. The molecule has 2 aliphatic heterocycles. The molecule has 4 rings (SSSR count). The molecule has 6 N–H and O–H groups in total. The van der Waals surface area contributed by atoms with Gasteiger partial charge in [0.1, 0.15) is 24.7 Å². The molecule has 2 aliphatic rings. The van der Waals surface area contributed by atoms with Gasteiger partial charge < -0.3 is 35.7 Å². The van der Waals surface area contributed by atoms with Crippen molar-refractivity contribution >= 4 is 111 Å². The predicted molar refractivity (Wildman–Crippen MR) is 224 cm³/mol. The van der Waals surface area contributed by atoms with Crippen LogP contribution in [-0.2, 0) is 9.47 Å². The fourth-order valence-corrected chi connectivity index (χ4v) is 5.93. The van der Waals surface area contributed by atoms with Crippen LogP contribution in [0, 0.1) is 5.41 Å². The van der Waals surface area contributed by atoms with Gasteiger partial charge in [-0.2, -0.15) is 9.98 Å². The maximum absolute atomic E-state index is 6.62. The van der Waals surface area contributed by atoms with Crippen LogP contribution in [-0.4, -0.2) is 120 Å². The quantitative estimate of drug-likeness (QED) is 0.0988. The number of morpholine rings is 2. The molecule has 2 fully saturated rings. The highest BCUT2D eigenvalue weighted by atomic mass is 35.5. The first-order valence-electron chi connectivity index (χ1n) is 15.1. The summed E-state index contributed by atoms with van der Waals surface area (Å²) in [6.07, 6.45) is 0. The van der Waals surface area contributed by atoms with Gasteiger partial charge in [0.15, 0.2) is 15.4 Å². The van der Waals surface area contributed by atoms with Crippen LogP contribution < -0.4 is 26.3 Å². The minimum absolute atomic E-state index is 0. The average Bonchev–Trinajstić information content (AvgIpc) is 3.08. The summed E-state index contributed by atoms with van der Waals surface area (Å²) in [6.45, 7) is 10.4. The van der Waals surface area contributed by atoms with Gasteiger partial charge in [0.25, 0.3) is 0 Å². The summed E-state index contributed by atoms with van der Waals surface area (Å²) in [5, 5.41) is 13.0. The van der Waals surface area contributed by atoms with Gasteiger partial charge >= 0.3 is 0 Å². The number of ether oxygens (including phenoxy) is 4. The number of hydrogen-bond acceptors (Lipinski definition) is 12. The van der Waals surface area contributed by atoms with Crippen molar-refractivity contribution in [3.05, 3.63) is 48.5 Å². The van der Waals surface area contributed by atoms with Crippen LogP contribution in [0.25, 0.3) is 0 Å². The van der Waals surface area contributed by atoms with Crippen molar-refractivity contribution in [3.8, 4) is 11.5 Å². The number of benzene rings is 2. The van der Waals surface area contributed by atoms with Gasteiger partial charge in [0.2, 0.25) is 0 Å². The highest BCUT2D eigenvalue weighted by Crippen LogP contribution is 2.18. The van der Waals surface area contributed by atoms with Crippen molar-refractivity contribution in [1.82, 2.24) is 9.80 Å². The Morgan fingerprint density at radius 2 is 1.33 bits per heavy atom. The van der Waals surface area contributed by atoms with E-state index in [4.69, 9.17) is 48.0 Å². The maximum atomic E-state index is 6.62. The largest absolute Gasteiger partial charge is 0.492 e. The van der Waals surface area contributed by atoms with Crippen molar-refractivity contribution in [2.45, 2.75) is 0 Å². The molecular formula is C30H47ClN8O4P2S4. The van der Waals surface area contributed by atoms with E-state index in [1.807, 2.05) is 48.5 Å². The van der Waals surface area contributed by atoms with Gasteiger partial charge in [-0.05, 0) is 73.0 Å². The fraction of sp³-hybridized carbons (Fsp3) is 0.467. The van der Waals surface area contributed by atoms with Gasteiger partial charge in [-0.1, -0.05) is 23.5 Å². The van der Waals surface area contributed by atoms with E-state index in [2.05, 4.69) is 61.0 Å². The molecule has 0 radical (unpaired) electrons. The molecule has 2 unspecified atom stereocenters. The Balaban J connectivity index is 0.000000424. The summed E-state index contributed by atoms with van der Waals surface area (Å²) in [7, 11) is 5.04. The second-order valence-corrected chi connectivity index (χ2v) is 14.4. The lowest BCUT2D eigenvalue weighted by molar-refractivity contribution is 0.0321. The Labute approximate surface area is 320 Å². The van der Waals surface area contributed by atoms with E-state index in [0.717, 1.165) is 99.6 Å². The number of rotatable bonds is 12. The molecule has 19 heteroatoms. The van der Waals surface area contributed by atoms with Crippen LogP contribution in [0.2, 0.25) is 0 Å². The molecule has 12 nitrogen and oxygen atoms in total. The molecule has 272 valence electrons. The molecule has 0 aliphatic carbocycles. The normalized spacial score (nSPS) is 14.7. The number of thioether (sulfide) groups is 2. The minimum Gasteiger partial charge on any atom is -0.492 e. The Bertz CT molecular complexity index is 1290. The van der Waals surface area contributed by atoms with E-state index in [-0.39, 0.29) is 17.6 Å². The molecule has 2 saturated heterocycles. The summed E-state index contributed by atoms with van der Waals surface area (Å²) >= 11 is 12.4. The monoisotopic (exact) mass is 808 g/mol. The third-order valence-electron chi connectivity index (χ3n) is 6.36. The average molecular weight is 809 g/mol. The standard InChI is InChI=1S/C15H23N4O2PS2.C13H16N2O2S.C2H7N2PS.ClH/c16-14(24-11-22)18-15(23)17-12-1-3-13(4-2-12)21-10-7-19-5-8-20-9-6-19;18-11-14-12-1-3-13(4-2-12)17-10-7-15-5-8-16-9-6-15;3-2(4)6-1-5;/h1-4H,5-11,22H2,(H3,16,17,18,23);1-4H,5-10H2;1,5H2,(H3,3,4);1H.